The molecule has 25 heavy (non-hydrogen) atoms. The lowest BCUT2D eigenvalue weighted by Gasteiger charge is -2.10. The van der Waals surface area contributed by atoms with Gasteiger partial charge in [-0.1, -0.05) is 37.6 Å². The van der Waals surface area contributed by atoms with Gasteiger partial charge in [0.2, 0.25) is 0 Å². The van der Waals surface area contributed by atoms with Gasteiger partial charge >= 0.3 is 0 Å². The summed E-state index contributed by atoms with van der Waals surface area (Å²) in [5.74, 6) is 1.49. The van der Waals surface area contributed by atoms with Crippen molar-refractivity contribution in [2.45, 2.75) is 26.8 Å². The van der Waals surface area contributed by atoms with E-state index >= 15 is 0 Å². The van der Waals surface area contributed by atoms with Crippen molar-refractivity contribution in [2.75, 3.05) is 0 Å². The Kier molecular flexibility index (Phi) is 4.14. The van der Waals surface area contributed by atoms with Gasteiger partial charge in [-0.15, -0.1) is 0 Å². The third-order valence-electron chi connectivity index (χ3n) is 4.29. The minimum atomic E-state index is 0.601. The second kappa shape index (κ2) is 6.45. The minimum Gasteiger partial charge on any atom is -0.307 e. The lowest BCUT2D eigenvalue weighted by molar-refractivity contribution is 0.524. The topological polar surface area (TPSA) is 43.6 Å². The SMILES string of the molecule is CC(C)CCn1c(-c2ccc(Cl)cc2)nc2nc3ccccc3nc21. The maximum atomic E-state index is 6.04. The number of halogens is 1. The van der Waals surface area contributed by atoms with Crippen molar-refractivity contribution in [3.8, 4) is 11.4 Å². The number of rotatable bonds is 4. The lowest BCUT2D eigenvalue weighted by Crippen LogP contribution is -2.04. The molecule has 4 nitrogen and oxygen atoms in total. The zero-order valence-corrected chi connectivity index (χ0v) is 15.0. The van der Waals surface area contributed by atoms with Gasteiger partial charge in [-0.25, -0.2) is 15.0 Å². The number of aryl methyl sites for hydroxylation is 1. The van der Waals surface area contributed by atoms with E-state index < -0.39 is 0 Å². The summed E-state index contributed by atoms with van der Waals surface area (Å²) in [4.78, 5) is 14.3. The van der Waals surface area contributed by atoms with Crippen LogP contribution in [0, 0.1) is 5.92 Å². The third kappa shape index (κ3) is 3.10. The average molecular weight is 351 g/mol. The molecule has 0 aliphatic carbocycles. The normalized spacial score (nSPS) is 11.7. The third-order valence-corrected chi connectivity index (χ3v) is 4.54. The summed E-state index contributed by atoms with van der Waals surface area (Å²) in [6.07, 6.45) is 1.06. The summed E-state index contributed by atoms with van der Waals surface area (Å²) in [6.45, 7) is 5.31. The van der Waals surface area contributed by atoms with Crippen LogP contribution in [-0.2, 0) is 6.54 Å². The average Bonchev–Trinajstić information content (AvgIpc) is 2.96. The molecule has 0 unspecified atom stereocenters. The van der Waals surface area contributed by atoms with Crippen molar-refractivity contribution in [3.05, 3.63) is 53.6 Å². The molecule has 4 aromatic rings. The highest BCUT2D eigenvalue weighted by atomic mass is 35.5. The van der Waals surface area contributed by atoms with Crippen LogP contribution in [0.1, 0.15) is 20.3 Å². The molecule has 0 amide bonds. The Morgan fingerprint density at radius 1 is 0.920 bits per heavy atom. The van der Waals surface area contributed by atoms with Crippen LogP contribution in [-0.4, -0.2) is 19.5 Å². The van der Waals surface area contributed by atoms with Crippen LogP contribution >= 0.6 is 11.6 Å². The van der Waals surface area contributed by atoms with E-state index in [0.717, 1.165) is 46.1 Å². The molecule has 0 aliphatic rings. The number of hydrogen-bond donors (Lipinski definition) is 0. The van der Waals surface area contributed by atoms with Crippen molar-refractivity contribution >= 4 is 33.9 Å². The molecule has 0 saturated carbocycles. The molecule has 2 aromatic heterocycles. The quantitative estimate of drug-likeness (QED) is 0.498. The molecule has 2 heterocycles. The highest BCUT2D eigenvalue weighted by Crippen LogP contribution is 2.26. The fourth-order valence-corrected chi connectivity index (χ4v) is 3.04. The van der Waals surface area contributed by atoms with Crippen molar-refractivity contribution in [1.82, 2.24) is 19.5 Å². The summed E-state index contributed by atoms with van der Waals surface area (Å²) in [7, 11) is 0. The predicted octanol–water partition coefficient (Wildman–Crippen LogP) is 5.35. The smallest absolute Gasteiger partial charge is 0.198 e. The molecule has 2 aromatic carbocycles. The summed E-state index contributed by atoms with van der Waals surface area (Å²) in [5, 5.41) is 0.718. The van der Waals surface area contributed by atoms with Gasteiger partial charge in [0, 0.05) is 17.1 Å². The molecule has 0 fully saturated rings. The number of benzene rings is 2. The summed E-state index contributed by atoms with van der Waals surface area (Å²) in [6, 6.07) is 15.7. The van der Waals surface area contributed by atoms with Gasteiger partial charge in [-0.3, -0.25) is 0 Å². The van der Waals surface area contributed by atoms with E-state index in [4.69, 9.17) is 26.6 Å². The van der Waals surface area contributed by atoms with Crippen LogP contribution in [0.2, 0.25) is 5.02 Å². The van der Waals surface area contributed by atoms with Gasteiger partial charge < -0.3 is 4.57 Å². The van der Waals surface area contributed by atoms with Crippen molar-refractivity contribution in [3.63, 3.8) is 0 Å². The van der Waals surface area contributed by atoms with Crippen LogP contribution < -0.4 is 0 Å². The Bertz CT molecular complexity index is 1030. The van der Waals surface area contributed by atoms with Crippen molar-refractivity contribution < 1.29 is 0 Å². The Morgan fingerprint density at radius 3 is 2.28 bits per heavy atom. The van der Waals surface area contributed by atoms with E-state index in [1.54, 1.807) is 0 Å². The largest absolute Gasteiger partial charge is 0.307 e. The van der Waals surface area contributed by atoms with E-state index in [1.165, 1.54) is 0 Å². The molecule has 0 aliphatic heterocycles. The maximum absolute atomic E-state index is 6.04. The maximum Gasteiger partial charge on any atom is 0.198 e. The first kappa shape index (κ1) is 16.0. The summed E-state index contributed by atoms with van der Waals surface area (Å²) >= 11 is 6.04. The van der Waals surface area contributed by atoms with Gasteiger partial charge in [0.25, 0.3) is 0 Å². The first-order valence-corrected chi connectivity index (χ1v) is 8.88. The van der Waals surface area contributed by atoms with Gasteiger partial charge in [0.15, 0.2) is 11.3 Å². The fourth-order valence-electron chi connectivity index (χ4n) is 2.92. The van der Waals surface area contributed by atoms with Crippen LogP contribution in [0.15, 0.2) is 48.5 Å². The second-order valence-electron chi connectivity index (χ2n) is 6.64. The van der Waals surface area contributed by atoms with E-state index in [-0.39, 0.29) is 0 Å². The highest BCUT2D eigenvalue weighted by molar-refractivity contribution is 6.30. The number of hydrogen-bond acceptors (Lipinski definition) is 3. The molecule has 5 heteroatoms. The predicted molar refractivity (Wildman–Crippen MR) is 103 cm³/mol. The van der Waals surface area contributed by atoms with Crippen molar-refractivity contribution in [1.29, 1.82) is 0 Å². The monoisotopic (exact) mass is 350 g/mol. The van der Waals surface area contributed by atoms with E-state index in [2.05, 4.69) is 18.4 Å². The Balaban J connectivity index is 1.94. The Morgan fingerprint density at radius 2 is 1.60 bits per heavy atom. The first-order valence-electron chi connectivity index (χ1n) is 8.51. The van der Waals surface area contributed by atoms with Crippen LogP contribution in [0.25, 0.3) is 33.7 Å². The van der Waals surface area contributed by atoms with Crippen LogP contribution in [0.4, 0.5) is 0 Å². The van der Waals surface area contributed by atoms with Gasteiger partial charge in [0.1, 0.15) is 5.82 Å². The zero-order valence-electron chi connectivity index (χ0n) is 14.3. The number of aromatic nitrogens is 4. The summed E-state index contributed by atoms with van der Waals surface area (Å²) in [5.41, 5.74) is 4.31. The van der Waals surface area contributed by atoms with Gasteiger partial charge in [0.05, 0.1) is 11.0 Å². The van der Waals surface area contributed by atoms with E-state index in [0.29, 0.717) is 11.6 Å². The molecule has 126 valence electrons. The minimum absolute atomic E-state index is 0.601. The molecular formula is C20H19ClN4. The second-order valence-corrected chi connectivity index (χ2v) is 7.07. The van der Waals surface area contributed by atoms with E-state index in [9.17, 15) is 0 Å². The van der Waals surface area contributed by atoms with Gasteiger partial charge in [-0.05, 0) is 48.7 Å². The molecule has 0 spiro atoms. The Hall–Kier alpha value is -2.46. The van der Waals surface area contributed by atoms with Gasteiger partial charge in [-0.2, -0.15) is 0 Å². The molecule has 0 saturated heterocycles. The fraction of sp³-hybridized carbons (Fsp3) is 0.250. The standard InChI is InChI=1S/C20H19ClN4/c1-13(2)11-12-25-19(14-7-9-15(21)10-8-14)24-18-20(25)23-17-6-4-3-5-16(17)22-18/h3-10,13H,11-12H2,1-2H3. The molecule has 0 bridgehead atoms. The zero-order chi connectivity index (χ0) is 17.4. The highest BCUT2D eigenvalue weighted by Gasteiger charge is 2.16. The first-order chi connectivity index (χ1) is 12.1. The van der Waals surface area contributed by atoms with Crippen molar-refractivity contribution in [2.24, 2.45) is 5.92 Å². The molecule has 0 radical (unpaired) electrons. The number of nitrogens with zero attached hydrogens (tertiary/aromatic N) is 4. The molecule has 0 N–H and O–H groups in total. The summed E-state index contributed by atoms with van der Waals surface area (Å²) < 4.78 is 2.18. The molecule has 0 atom stereocenters. The number of fused-ring (bicyclic) bond motifs is 2. The van der Waals surface area contributed by atoms with Crippen LogP contribution in [0.5, 0.6) is 0 Å². The molecular weight excluding hydrogens is 332 g/mol. The number of imidazole rings is 1. The number of para-hydroxylation sites is 2. The molecule has 4 rings (SSSR count). The van der Waals surface area contributed by atoms with Crippen LogP contribution in [0.3, 0.4) is 0 Å². The van der Waals surface area contributed by atoms with E-state index in [1.807, 2.05) is 48.5 Å². The Labute approximate surface area is 151 Å². The lowest BCUT2D eigenvalue weighted by atomic mass is 10.1.